The number of hydrogen-bond donors (Lipinski definition) is 4. The summed E-state index contributed by atoms with van der Waals surface area (Å²) < 4.78 is 41.2. The molecule has 4 rings (SSSR count). The van der Waals surface area contributed by atoms with Gasteiger partial charge in [-0.1, -0.05) is 66.6 Å². The Labute approximate surface area is 309 Å². The lowest BCUT2D eigenvalue weighted by molar-refractivity contribution is -0.161. The molecule has 1 aliphatic carbocycles. The van der Waals surface area contributed by atoms with Crippen molar-refractivity contribution in [1.29, 1.82) is 0 Å². The van der Waals surface area contributed by atoms with Crippen LogP contribution in [0, 0.1) is 12.8 Å². The highest BCUT2D eigenvalue weighted by Crippen LogP contribution is 2.45. The maximum Gasteiger partial charge on any atom is 0.363 e. The topological polar surface area (TPSA) is 210 Å². The Morgan fingerprint density at radius 2 is 1.96 bits per heavy atom. The maximum atomic E-state index is 13.5. The van der Waals surface area contributed by atoms with Crippen molar-refractivity contribution in [1.82, 2.24) is 9.62 Å². The van der Waals surface area contributed by atoms with E-state index in [1.54, 1.807) is 0 Å². The van der Waals surface area contributed by atoms with E-state index >= 15 is 0 Å². The lowest BCUT2D eigenvalue weighted by Crippen LogP contribution is -2.71. The van der Waals surface area contributed by atoms with E-state index in [9.17, 15) is 32.5 Å². The van der Waals surface area contributed by atoms with Crippen LogP contribution in [0.2, 0.25) is 0 Å². The second-order valence-electron chi connectivity index (χ2n) is 13.9. The Kier molecular flexibility index (Phi) is 13.0. The number of ether oxygens (including phenoxy) is 1. The molecule has 0 spiro atoms. The number of thioether (sulfide) groups is 1. The quantitative estimate of drug-likeness (QED) is 0.0310. The smallest absolute Gasteiger partial charge is 0.363 e. The van der Waals surface area contributed by atoms with Gasteiger partial charge in [0.1, 0.15) is 28.9 Å². The van der Waals surface area contributed by atoms with E-state index in [4.69, 9.17) is 15.3 Å². The van der Waals surface area contributed by atoms with E-state index in [-0.39, 0.29) is 40.0 Å². The van der Waals surface area contributed by atoms with Gasteiger partial charge in [0.2, 0.25) is 5.60 Å². The molecule has 284 valence electrons. The molecule has 0 radical (unpaired) electrons. The van der Waals surface area contributed by atoms with Crippen molar-refractivity contribution in [3.05, 3.63) is 64.4 Å². The highest BCUT2D eigenvalue weighted by molar-refractivity contribution is 8.00. The number of unbranched alkanes of at least 4 members (excludes halogenated alkanes) is 2. The Hall–Kier alpha value is -4.15. The summed E-state index contributed by atoms with van der Waals surface area (Å²) in [7, 11) is -5.02. The molecule has 52 heavy (non-hydrogen) atoms. The van der Waals surface area contributed by atoms with Gasteiger partial charge in [-0.05, 0) is 89.5 Å². The number of amides is 2. The first-order valence-electron chi connectivity index (χ1n) is 17.2. The molecule has 0 bridgehead atoms. The number of nitrogens with one attached hydrogen (secondary N) is 1. The zero-order valence-corrected chi connectivity index (χ0v) is 32.1. The number of aryl methyl sites for hydroxylation is 2. The van der Waals surface area contributed by atoms with Gasteiger partial charge in [0.05, 0.1) is 5.70 Å². The molecule has 2 heterocycles. The van der Waals surface area contributed by atoms with Crippen LogP contribution in [0.3, 0.4) is 0 Å². The van der Waals surface area contributed by atoms with Crippen LogP contribution in [0.25, 0.3) is 0 Å². The lowest BCUT2D eigenvalue weighted by Gasteiger charge is -2.43. The predicted octanol–water partition coefficient (Wildman–Crippen LogP) is 5.15. The summed E-state index contributed by atoms with van der Waals surface area (Å²) in [5, 5.41) is 14.3. The molecule has 2 amide bonds. The summed E-state index contributed by atoms with van der Waals surface area (Å²) in [6, 6.07) is 2.76. The molecular formula is C36H49N5O9S2. The molecule has 5 N–H and O–H groups in total. The number of aliphatic imine (C=N–C) groups is 1. The van der Waals surface area contributed by atoms with Crippen LogP contribution >= 0.6 is 11.8 Å². The monoisotopic (exact) mass is 759 g/mol. The van der Waals surface area contributed by atoms with Crippen LogP contribution in [-0.4, -0.2) is 74.7 Å². The number of amidine groups is 1. The normalized spacial score (nSPS) is 22.2. The number of allylic oxidation sites excluding steroid dienone is 3. The molecule has 16 heteroatoms. The van der Waals surface area contributed by atoms with E-state index in [0.29, 0.717) is 5.75 Å². The third-order valence-corrected chi connectivity index (χ3v) is 11.4. The fourth-order valence-electron chi connectivity index (χ4n) is 6.37. The second kappa shape index (κ2) is 16.7. The van der Waals surface area contributed by atoms with Gasteiger partial charge in [-0.3, -0.25) is 14.1 Å². The van der Waals surface area contributed by atoms with Crippen molar-refractivity contribution in [3.63, 3.8) is 0 Å². The minimum atomic E-state index is -5.02. The standard InChI is InChI=1S/C36H49N5O9S2/c1-8-9-10-11-23-17-22(5)29(25-16-21(4)12-13-24(25)20(2)3)27(18-23)49-19-51-34-31(33(43)41(34)52(46,47)48)39-32(42)30(26-14-15-28(37)38-26)40-50-36(6,7)35(44)45/h14,16-18,24-25,31,34H,2,8-13,15,19H2,1,3-7H3,(H2,37,38)(H,39,42)(H,44,45)(H,46,47,48)/b40-30-/t24-,25+,31+,34?/m0/s1. The van der Waals surface area contributed by atoms with Gasteiger partial charge in [-0.2, -0.15) is 12.7 Å². The highest BCUT2D eigenvalue weighted by Gasteiger charge is 2.55. The maximum absolute atomic E-state index is 13.5. The fraction of sp³-hybridized carbons (Fsp3) is 0.528. The zero-order valence-electron chi connectivity index (χ0n) is 30.5. The van der Waals surface area contributed by atoms with Crippen molar-refractivity contribution < 1.29 is 42.0 Å². The minimum Gasteiger partial charge on any atom is -0.483 e. The van der Waals surface area contributed by atoms with Crippen LogP contribution in [0.4, 0.5) is 0 Å². The molecule has 1 aromatic carbocycles. The molecule has 14 nitrogen and oxygen atoms in total. The number of hydrogen-bond acceptors (Lipinski definition) is 11. The number of aliphatic carboxylic acids is 1. The third kappa shape index (κ3) is 9.44. The average molecular weight is 760 g/mol. The Morgan fingerprint density at radius 3 is 2.56 bits per heavy atom. The summed E-state index contributed by atoms with van der Waals surface area (Å²) in [6.45, 7) is 15.0. The molecule has 1 unspecified atom stereocenters. The molecule has 1 fully saturated rings. The van der Waals surface area contributed by atoms with Crippen LogP contribution in [0.1, 0.15) is 95.8 Å². The predicted molar refractivity (Wildman–Crippen MR) is 200 cm³/mol. The van der Waals surface area contributed by atoms with Gasteiger partial charge in [-0.25, -0.2) is 9.79 Å². The minimum absolute atomic E-state index is 0.00944. The van der Waals surface area contributed by atoms with Crippen LogP contribution in [0.5, 0.6) is 5.75 Å². The van der Waals surface area contributed by atoms with Crippen molar-refractivity contribution >= 4 is 51.4 Å². The Balaban J connectivity index is 1.62. The van der Waals surface area contributed by atoms with Crippen LogP contribution in [-0.2, 0) is 35.9 Å². The molecule has 3 aliphatic rings. The van der Waals surface area contributed by atoms with Gasteiger partial charge < -0.3 is 25.7 Å². The molecule has 0 aromatic heterocycles. The molecule has 2 aliphatic heterocycles. The van der Waals surface area contributed by atoms with E-state index in [1.807, 2.05) is 13.0 Å². The summed E-state index contributed by atoms with van der Waals surface area (Å²) in [5.74, 6) is -2.61. The molecule has 4 atom stereocenters. The van der Waals surface area contributed by atoms with E-state index < -0.39 is 50.8 Å². The molecular weight excluding hydrogens is 711 g/mol. The lowest BCUT2D eigenvalue weighted by atomic mass is 9.73. The molecule has 1 aromatic rings. The van der Waals surface area contributed by atoms with Gasteiger partial charge in [-0.15, -0.1) is 0 Å². The largest absolute Gasteiger partial charge is 0.483 e. The number of oxime groups is 1. The molecule has 0 saturated carbocycles. The fourth-order valence-corrected chi connectivity index (χ4v) is 8.56. The summed E-state index contributed by atoms with van der Waals surface area (Å²) in [4.78, 5) is 47.4. The third-order valence-electron chi connectivity index (χ3n) is 9.29. The number of benzene rings is 1. The first-order valence-corrected chi connectivity index (χ1v) is 19.6. The zero-order chi connectivity index (χ0) is 38.5. The summed E-state index contributed by atoms with van der Waals surface area (Å²) in [5.41, 5.74) is 8.95. The van der Waals surface area contributed by atoms with Crippen molar-refractivity contribution in [2.75, 3.05) is 5.94 Å². The number of carboxylic acids is 1. The van der Waals surface area contributed by atoms with E-state index in [0.717, 1.165) is 72.6 Å². The SMILES string of the molecule is C=C(C)[C@@H]1CCC(C)=C[C@H]1c1c(C)cc(CCCCC)cc1OCSC1[C@H](NC(=O)/C(=N\OC(C)(C)C(=O)O)C2=CCC(N)=N2)C(=O)N1S(=O)(=O)O. The molecule has 1 saturated heterocycles. The van der Waals surface area contributed by atoms with Crippen LogP contribution in [0.15, 0.2) is 57.9 Å². The van der Waals surface area contributed by atoms with Gasteiger partial charge in [0, 0.05) is 17.9 Å². The van der Waals surface area contributed by atoms with E-state index in [2.05, 4.69) is 55.0 Å². The Bertz CT molecular complexity index is 1830. The number of carbonyl (C=O) groups is 3. The number of rotatable bonds is 17. The van der Waals surface area contributed by atoms with Crippen molar-refractivity contribution in [2.45, 2.75) is 109 Å². The summed E-state index contributed by atoms with van der Waals surface area (Å²) in [6.07, 6.45) is 9.84. The van der Waals surface area contributed by atoms with Crippen LogP contribution < -0.4 is 15.8 Å². The van der Waals surface area contributed by atoms with Gasteiger partial charge >= 0.3 is 16.3 Å². The second-order valence-corrected chi connectivity index (χ2v) is 16.3. The van der Waals surface area contributed by atoms with Gasteiger partial charge in [0.25, 0.3) is 11.8 Å². The van der Waals surface area contributed by atoms with Gasteiger partial charge in [0.15, 0.2) is 5.71 Å². The van der Waals surface area contributed by atoms with Crippen molar-refractivity contribution in [2.24, 2.45) is 21.8 Å². The number of β-lactam (4-membered cyclic amide) rings is 1. The van der Waals surface area contributed by atoms with E-state index in [1.165, 1.54) is 25.5 Å². The Morgan fingerprint density at radius 1 is 1.25 bits per heavy atom. The number of nitrogens with two attached hydrogens (primary N) is 1. The first kappa shape index (κ1) is 40.6. The first-order chi connectivity index (χ1) is 24.3. The number of carbonyl (C=O) groups excluding carboxylic acids is 2. The van der Waals surface area contributed by atoms with Crippen molar-refractivity contribution in [3.8, 4) is 5.75 Å². The highest BCUT2D eigenvalue weighted by atomic mass is 32.2. The average Bonchev–Trinajstić information content (AvgIpc) is 3.47. The number of carboxylic acid groups (broad SMARTS) is 1. The number of nitrogens with zero attached hydrogens (tertiary/aromatic N) is 3. The summed E-state index contributed by atoms with van der Waals surface area (Å²) >= 11 is 0.894.